The summed E-state index contributed by atoms with van der Waals surface area (Å²) >= 11 is 0. The first-order valence-electron chi connectivity index (χ1n) is 6.42. The van der Waals surface area contributed by atoms with Crippen molar-refractivity contribution in [2.75, 3.05) is 19.9 Å². The summed E-state index contributed by atoms with van der Waals surface area (Å²) in [4.78, 5) is 11.3. The van der Waals surface area contributed by atoms with Crippen molar-refractivity contribution in [2.45, 2.75) is 13.8 Å². The van der Waals surface area contributed by atoms with Crippen LogP contribution in [0.4, 0.5) is 0 Å². The number of fused-ring (bicyclic) bond motifs is 1. The molecule has 0 spiro atoms. The second-order valence-corrected chi connectivity index (χ2v) is 4.53. The normalized spacial score (nSPS) is 11.8. The number of carbonyl (C=O) groups excluding carboxylic acids is 1. The van der Waals surface area contributed by atoms with Gasteiger partial charge in [0.25, 0.3) is 0 Å². The van der Waals surface area contributed by atoms with Crippen molar-refractivity contribution in [1.29, 1.82) is 0 Å². The number of amides is 1. The minimum absolute atomic E-state index is 0.00371. The van der Waals surface area contributed by atoms with Crippen LogP contribution in [0.15, 0.2) is 18.2 Å². The molecule has 0 saturated heterocycles. The molecule has 1 heterocycles. The van der Waals surface area contributed by atoms with Gasteiger partial charge in [-0.2, -0.15) is 0 Å². The second kappa shape index (κ2) is 6.71. The number of ether oxygens (including phenoxy) is 3. The molecule has 0 radical (unpaired) electrons. The fourth-order valence-electron chi connectivity index (χ4n) is 1.54. The molecule has 0 aliphatic carbocycles. The van der Waals surface area contributed by atoms with Gasteiger partial charge in [-0.3, -0.25) is 4.79 Å². The molecule has 1 aromatic carbocycles. The molecule has 0 aromatic heterocycles. The van der Waals surface area contributed by atoms with Crippen LogP contribution in [0, 0.1) is 17.8 Å². The lowest BCUT2D eigenvalue weighted by atomic mass is 10.2. The molecule has 5 nitrogen and oxygen atoms in total. The quantitative estimate of drug-likeness (QED) is 0.847. The van der Waals surface area contributed by atoms with Crippen molar-refractivity contribution < 1.29 is 19.0 Å². The Morgan fingerprint density at radius 1 is 1.35 bits per heavy atom. The molecule has 0 atom stereocenters. The zero-order chi connectivity index (χ0) is 14.4. The number of hydrogen-bond acceptors (Lipinski definition) is 4. The first-order chi connectivity index (χ1) is 9.66. The van der Waals surface area contributed by atoms with E-state index in [1.54, 1.807) is 18.2 Å². The highest BCUT2D eigenvalue weighted by atomic mass is 16.7. The zero-order valence-corrected chi connectivity index (χ0v) is 11.6. The fraction of sp³-hybridized carbons (Fsp3) is 0.400. The predicted octanol–water partition coefficient (Wildman–Crippen LogP) is 1.57. The molecule has 1 aliphatic rings. The van der Waals surface area contributed by atoms with Gasteiger partial charge in [-0.15, -0.1) is 0 Å². The van der Waals surface area contributed by atoms with Gasteiger partial charge in [0.05, 0.1) is 6.54 Å². The van der Waals surface area contributed by atoms with E-state index in [9.17, 15) is 4.79 Å². The molecule has 1 N–H and O–H groups in total. The number of rotatable bonds is 4. The Bertz CT molecular complexity index is 543. The molecule has 1 aliphatic heterocycles. The van der Waals surface area contributed by atoms with Gasteiger partial charge in [-0.1, -0.05) is 25.7 Å². The van der Waals surface area contributed by atoms with E-state index in [2.05, 4.69) is 17.2 Å². The Labute approximate surface area is 118 Å². The SMILES string of the molecule is CC(C)C(=O)NCC#CCOc1ccc2c(c1)OCO2. The summed E-state index contributed by atoms with van der Waals surface area (Å²) in [6.07, 6.45) is 0. The van der Waals surface area contributed by atoms with E-state index in [0.717, 1.165) is 5.75 Å². The van der Waals surface area contributed by atoms with Crippen LogP contribution >= 0.6 is 0 Å². The molecule has 106 valence electrons. The van der Waals surface area contributed by atoms with E-state index in [1.807, 2.05) is 13.8 Å². The van der Waals surface area contributed by atoms with E-state index < -0.39 is 0 Å². The van der Waals surface area contributed by atoms with Crippen molar-refractivity contribution in [2.24, 2.45) is 5.92 Å². The summed E-state index contributed by atoms with van der Waals surface area (Å²) in [5, 5.41) is 2.71. The van der Waals surface area contributed by atoms with E-state index in [4.69, 9.17) is 14.2 Å². The second-order valence-electron chi connectivity index (χ2n) is 4.53. The summed E-state index contributed by atoms with van der Waals surface area (Å²) in [6.45, 7) is 4.52. The van der Waals surface area contributed by atoms with Crippen molar-refractivity contribution >= 4 is 5.91 Å². The Balaban J connectivity index is 1.72. The molecule has 1 amide bonds. The van der Waals surface area contributed by atoms with Gasteiger partial charge >= 0.3 is 0 Å². The van der Waals surface area contributed by atoms with E-state index >= 15 is 0 Å². The number of hydrogen-bond donors (Lipinski definition) is 1. The van der Waals surface area contributed by atoms with Crippen LogP contribution in [0.5, 0.6) is 17.2 Å². The highest BCUT2D eigenvalue weighted by molar-refractivity contribution is 5.78. The van der Waals surface area contributed by atoms with Crippen molar-refractivity contribution in [3.63, 3.8) is 0 Å². The van der Waals surface area contributed by atoms with Crippen molar-refractivity contribution in [3.05, 3.63) is 18.2 Å². The Morgan fingerprint density at radius 3 is 2.95 bits per heavy atom. The van der Waals surface area contributed by atoms with Crippen molar-refractivity contribution in [3.8, 4) is 29.1 Å². The highest BCUT2D eigenvalue weighted by Gasteiger charge is 2.13. The summed E-state index contributed by atoms with van der Waals surface area (Å²) < 4.78 is 15.9. The topological polar surface area (TPSA) is 56.8 Å². The van der Waals surface area contributed by atoms with E-state index in [0.29, 0.717) is 18.0 Å². The van der Waals surface area contributed by atoms with Crippen molar-refractivity contribution in [1.82, 2.24) is 5.32 Å². The third-order valence-corrected chi connectivity index (χ3v) is 2.66. The lowest BCUT2D eigenvalue weighted by Gasteiger charge is -2.03. The summed E-state index contributed by atoms with van der Waals surface area (Å²) in [5.74, 6) is 7.72. The Morgan fingerprint density at radius 2 is 2.15 bits per heavy atom. The first kappa shape index (κ1) is 14.1. The van der Waals surface area contributed by atoms with Gasteiger partial charge in [-0.05, 0) is 12.1 Å². The third kappa shape index (κ3) is 3.82. The minimum atomic E-state index is -0.0262. The van der Waals surface area contributed by atoms with Crippen LogP contribution in [0.2, 0.25) is 0 Å². The predicted molar refractivity (Wildman–Crippen MR) is 73.7 cm³/mol. The minimum Gasteiger partial charge on any atom is -0.481 e. The summed E-state index contributed by atoms with van der Waals surface area (Å²) in [7, 11) is 0. The number of nitrogens with one attached hydrogen (secondary N) is 1. The maximum atomic E-state index is 11.3. The van der Waals surface area contributed by atoms with E-state index in [1.165, 1.54) is 0 Å². The molecule has 0 bridgehead atoms. The molecule has 0 unspecified atom stereocenters. The molecule has 1 aromatic rings. The third-order valence-electron chi connectivity index (χ3n) is 2.66. The molecular weight excluding hydrogens is 258 g/mol. The standard InChI is InChI=1S/C15H17NO4/c1-11(2)15(17)16-7-3-4-8-18-12-5-6-13-14(9-12)20-10-19-13/h5-6,9,11H,7-8,10H2,1-2H3,(H,16,17). The van der Waals surface area contributed by atoms with Gasteiger partial charge in [0.2, 0.25) is 12.7 Å². The molecule has 0 saturated carbocycles. The fourth-order valence-corrected chi connectivity index (χ4v) is 1.54. The van der Waals surface area contributed by atoms with Crippen LogP contribution in [0.1, 0.15) is 13.8 Å². The van der Waals surface area contributed by atoms with Crippen LogP contribution in [0.3, 0.4) is 0 Å². The summed E-state index contributed by atoms with van der Waals surface area (Å²) in [6, 6.07) is 5.37. The average Bonchev–Trinajstić information content (AvgIpc) is 2.89. The molecule has 2 rings (SSSR count). The largest absolute Gasteiger partial charge is 0.481 e. The lowest BCUT2D eigenvalue weighted by Crippen LogP contribution is -2.27. The van der Waals surface area contributed by atoms with Crippen LogP contribution < -0.4 is 19.5 Å². The van der Waals surface area contributed by atoms with E-state index in [-0.39, 0.29) is 25.2 Å². The molecule has 20 heavy (non-hydrogen) atoms. The molecule has 0 fully saturated rings. The van der Waals surface area contributed by atoms with Crippen LogP contribution in [0.25, 0.3) is 0 Å². The molecule has 5 heteroatoms. The first-order valence-corrected chi connectivity index (χ1v) is 6.42. The highest BCUT2D eigenvalue weighted by Crippen LogP contribution is 2.34. The maximum Gasteiger partial charge on any atom is 0.231 e. The Hall–Kier alpha value is -2.35. The van der Waals surface area contributed by atoms with Gasteiger partial charge in [0.1, 0.15) is 12.4 Å². The maximum absolute atomic E-state index is 11.3. The summed E-state index contributed by atoms with van der Waals surface area (Å²) in [5.41, 5.74) is 0. The van der Waals surface area contributed by atoms with Gasteiger partial charge in [0.15, 0.2) is 11.5 Å². The average molecular weight is 275 g/mol. The number of carbonyl (C=O) groups is 1. The van der Waals surface area contributed by atoms with Gasteiger partial charge in [-0.25, -0.2) is 0 Å². The monoisotopic (exact) mass is 275 g/mol. The van der Waals surface area contributed by atoms with Gasteiger partial charge < -0.3 is 19.5 Å². The smallest absolute Gasteiger partial charge is 0.231 e. The zero-order valence-electron chi connectivity index (χ0n) is 11.6. The Kier molecular flexibility index (Phi) is 4.72. The van der Waals surface area contributed by atoms with Gasteiger partial charge in [0, 0.05) is 12.0 Å². The van der Waals surface area contributed by atoms with Crippen LogP contribution in [-0.4, -0.2) is 25.9 Å². The lowest BCUT2D eigenvalue weighted by molar-refractivity contribution is -0.123. The molecular formula is C15H17NO4. The number of benzene rings is 1. The van der Waals surface area contributed by atoms with Crippen LogP contribution in [-0.2, 0) is 4.79 Å².